The Bertz CT molecular complexity index is 839. The van der Waals surface area contributed by atoms with Gasteiger partial charge >= 0.3 is 19.5 Å². The molecule has 1 aliphatic carbocycles. The molecule has 0 bridgehead atoms. The molecular weight excluding hydrogens is 538 g/mol. The van der Waals surface area contributed by atoms with Crippen LogP contribution in [-0.4, -0.2) is 18.6 Å². The topological polar surface area (TPSA) is 42.9 Å². The Labute approximate surface area is 227 Å². The van der Waals surface area contributed by atoms with Crippen molar-refractivity contribution in [1.82, 2.24) is 13.0 Å². The molecule has 35 heavy (non-hydrogen) atoms. The minimum Gasteiger partial charge on any atom is -0.512 e. The summed E-state index contributed by atoms with van der Waals surface area (Å²) in [7, 11) is -0.585. The van der Waals surface area contributed by atoms with E-state index in [1.165, 1.54) is 29.6 Å². The smallest absolute Gasteiger partial charge is 0.512 e. The summed E-state index contributed by atoms with van der Waals surface area (Å²) in [5, 5.41) is 6.25. The van der Waals surface area contributed by atoms with Crippen LogP contribution in [-0.2, 0) is 19.5 Å². The van der Waals surface area contributed by atoms with Crippen molar-refractivity contribution in [2.45, 2.75) is 60.9 Å². The van der Waals surface area contributed by atoms with Crippen LogP contribution in [0.4, 0.5) is 0 Å². The molecule has 0 N–H and O–H groups in total. The van der Waals surface area contributed by atoms with Crippen LogP contribution in [0.5, 0.6) is 0 Å². The van der Waals surface area contributed by atoms with Crippen molar-refractivity contribution in [2.24, 2.45) is 0 Å². The fourth-order valence-electron chi connectivity index (χ4n) is 3.10. The first-order valence-corrected chi connectivity index (χ1v) is 12.3. The average molecular weight is 575 g/mol. The van der Waals surface area contributed by atoms with Crippen LogP contribution >= 0.6 is 8.37 Å². The van der Waals surface area contributed by atoms with Gasteiger partial charge in [-0.2, -0.15) is 0 Å². The Hall–Kier alpha value is -2.13. The molecule has 5 nitrogen and oxygen atoms in total. The van der Waals surface area contributed by atoms with Gasteiger partial charge in [0, 0.05) is 58.0 Å². The molecule has 3 aromatic rings. The summed E-state index contributed by atoms with van der Waals surface area (Å²) >= 11 is 0. The maximum Gasteiger partial charge on any atom is 2.00 e. The van der Waals surface area contributed by atoms with E-state index < -0.39 is 8.37 Å². The standard InChI is InChI=1S/C12H12N3P.C10H15.C5H9N.CN.Ru/c1-2-8-13(7-1)16(14-9-3-4-10-14)15-11-5-6-12-15;1-6-7(2)9(4)10(5)8(6)3;1-5(2,3)6-4;1-2;/h1-12H;1-5H3;1-3H3;;/q;;;-1;+2. The van der Waals surface area contributed by atoms with Gasteiger partial charge in [0.25, 0.3) is 0 Å². The molecule has 1 fully saturated rings. The first kappa shape index (κ1) is 32.9. The van der Waals surface area contributed by atoms with E-state index in [0.717, 1.165) is 0 Å². The minimum absolute atomic E-state index is 0. The van der Waals surface area contributed by atoms with Gasteiger partial charge in [0.15, 0.2) is 0 Å². The van der Waals surface area contributed by atoms with Crippen molar-refractivity contribution in [1.29, 1.82) is 5.26 Å². The number of aromatic nitrogens is 3. The minimum atomic E-state index is -0.585. The van der Waals surface area contributed by atoms with Crippen LogP contribution in [0.15, 0.2) is 73.6 Å². The third-order valence-corrected chi connectivity index (χ3v) is 7.57. The fourth-order valence-corrected chi connectivity index (χ4v) is 4.99. The van der Waals surface area contributed by atoms with Gasteiger partial charge < -0.3 is 16.7 Å². The molecule has 5 radical (unpaired) electrons. The van der Waals surface area contributed by atoms with Gasteiger partial charge in [0.2, 0.25) is 13.9 Å². The summed E-state index contributed by atoms with van der Waals surface area (Å²) in [6.45, 7) is 27.9. The quantitative estimate of drug-likeness (QED) is 0.177. The second-order valence-electron chi connectivity index (χ2n) is 8.87. The van der Waals surface area contributed by atoms with Gasteiger partial charge in [-0.1, -0.05) is 34.6 Å². The number of rotatable bonds is 3. The average Bonchev–Trinajstić information content (AvgIpc) is 3.64. The zero-order valence-electron chi connectivity index (χ0n) is 22.0. The van der Waals surface area contributed by atoms with Crippen LogP contribution in [0.25, 0.3) is 4.85 Å². The largest absolute Gasteiger partial charge is 2.00 e. The number of hydrogen-bond donors (Lipinski definition) is 0. The summed E-state index contributed by atoms with van der Waals surface area (Å²) < 4.78 is 6.69. The van der Waals surface area contributed by atoms with Crippen molar-refractivity contribution >= 4 is 8.37 Å². The molecule has 185 valence electrons. The van der Waals surface area contributed by atoms with Crippen molar-refractivity contribution < 1.29 is 19.5 Å². The second-order valence-corrected chi connectivity index (χ2v) is 10.8. The second kappa shape index (κ2) is 15.8. The summed E-state index contributed by atoms with van der Waals surface area (Å²) in [5.74, 6) is 7.34. The maximum absolute atomic E-state index is 6.48. The van der Waals surface area contributed by atoms with Crippen LogP contribution in [0, 0.1) is 48.0 Å². The van der Waals surface area contributed by atoms with Gasteiger partial charge in [-0.05, 0) is 66.0 Å². The summed E-state index contributed by atoms with van der Waals surface area (Å²) in [4.78, 5) is 3.27. The number of hydrogen-bond acceptors (Lipinski definition) is 1. The molecule has 0 amide bonds. The van der Waals surface area contributed by atoms with Gasteiger partial charge in [-0.3, -0.25) is 13.0 Å². The predicted octanol–water partition coefficient (Wildman–Crippen LogP) is 8.03. The van der Waals surface area contributed by atoms with Crippen molar-refractivity contribution in [2.75, 3.05) is 0 Å². The van der Waals surface area contributed by atoms with E-state index in [1.54, 1.807) is 0 Å². The molecule has 0 atom stereocenters. The van der Waals surface area contributed by atoms with Gasteiger partial charge in [-0.15, -0.1) is 0 Å². The normalized spacial score (nSPS) is 15.0. The van der Waals surface area contributed by atoms with Crippen molar-refractivity contribution in [3.8, 4) is 0 Å². The van der Waals surface area contributed by atoms with Gasteiger partial charge in [0.05, 0.1) is 0 Å². The van der Waals surface area contributed by atoms with Crippen LogP contribution < -0.4 is 0 Å². The summed E-state index contributed by atoms with van der Waals surface area (Å²) in [6, 6.07) is 12.3. The van der Waals surface area contributed by atoms with E-state index in [1.807, 2.05) is 20.8 Å². The molecule has 0 spiro atoms. The Morgan fingerprint density at radius 3 is 0.914 bits per heavy atom. The SMILES string of the molecule is C[C]1[C](C)[C](C)[C](C)[C]1C.[C-]#N.[C-]#[N+]C(C)(C)C.[Ru+2].c1ccn(P(n2cccc2)n2cccc2)c1. The van der Waals surface area contributed by atoms with Crippen LogP contribution in [0.2, 0.25) is 0 Å². The number of nitrogens with zero attached hydrogens (tertiary/aromatic N) is 5. The van der Waals surface area contributed by atoms with E-state index >= 15 is 0 Å². The van der Waals surface area contributed by atoms with E-state index in [9.17, 15) is 0 Å². The molecule has 0 aromatic carbocycles. The zero-order chi connectivity index (χ0) is 25.9. The van der Waals surface area contributed by atoms with Crippen LogP contribution in [0.1, 0.15) is 55.4 Å². The Balaban J connectivity index is 0.000000527. The third kappa shape index (κ3) is 9.80. The molecule has 3 heterocycles. The monoisotopic (exact) mass is 575 g/mol. The fraction of sp³-hybridized carbons (Fsp3) is 0.321. The zero-order valence-corrected chi connectivity index (χ0v) is 24.6. The van der Waals surface area contributed by atoms with Crippen molar-refractivity contribution in [3.05, 3.63) is 121 Å². The first-order valence-electron chi connectivity index (χ1n) is 11.1. The third-order valence-electron chi connectivity index (χ3n) is 5.53. The Morgan fingerprint density at radius 1 is 0.600 bits per heavy atom. The Kier molecular flexibility index (Phi) is 14.8. The van der Waals surface area contributed by atoms with Crippen molar-refractivity contribution in [3.63, 3.8) is 0 Å². The van der Waals surface area contributed by atoms with Crippen LogP contribution in [0.3, 0.4) is 0 Å². The van der Waals surface area contributed by atoms with E-state index in [4.69, 9.17) is 18.4 Å². The molecular formula is C28H36N5PRu+. The molecule has 0 saturated heterocycles. The van der Waals surface area contributed by atoms with Gasteiger partial charge in [0.1, 0.15) is 0 Å². The maximum atomic E-state index is 6.48. The molecule has 3 aromatic heterocycles. The van der Waals surface area contributed by atoms with E-state index in [0.29, 0.717) is 0 Å². The summed E-state index contributed by atoms with van der Waals surface area (Å²) in [5.41, 5.74) is -0.167. The Morgan fingerprint density at radius 2 is 0.771 bits per heavy atom. The first-order chi connectivity index (χ1) is 16.1. The molecule has 0 aliphatic heterocycles. The molecule has 1 saturated carbocycles. The molecule has 4 rings (SSSR count). The van der Waals surface area contributed by atoms with Gasteiger partial charge in [-0.25, -0.2) is 6.57 Å². The van der Waals surface area contributed by atoms with E-state index in [2.05, 4.69) is 126 Å². The summed E-state index contributed by atoms with van der Waals surface area (Å²) in [6.07, 6.45) is 12.6. The van der Waals surface area contributed by atoms with E-state index in [-0.39, 0.29) is 25.0 Å². The molecule has 1 aliphatic rings. The molecule has 7 heteroatoms. The molecule has 0 unspecified atom stereocenters. The predicted molar refractivity (Wildman–Crippen MR) is 142 cm³/mol.